The lowest BCUT2D eigenvalue weighted by Gasteiger charge is -2.25. The van der Waals surface area contributed by atoms with E-state index in [0.29, 0.717) is 21.7 Å². The number of ether oxygens (including phenoxy) is 1. The topological polar surface area (TPSA) is 112 Å². The second-order valence-electron chi connectivity index (χ2n) is 7.80. The maximum absolute atomic E-state index is 13.5. The molecule has 13 heteroatoms. The van der Waals surface area contributed by atoms with Crippen LogP contribution in [0.3, 0.4) is 0 Å². The molecular weight excluding hydrogens is 545 g/mol. The maximum Gasteiger partial charge on any atom is 0.417 e. The average molecular weight is 565 g/mol. The number of halogens is 4. The largest absolute Gasteiger partial charge is 0.479 e. The molecule has 198 valence electrons. The van der Waals surface area contributed by atoms with Gasteiger partial charge in [0.25, 0.3) is 15.9 Å². The lowest BCUT2D eigenvalue weighted by Crippen LogP contribution is -2.39. The number of nitriles is 1. The molecule has 1 N–H and O–H groups in total. The van der Waals surface area contributed by atoms with E-state index in [2.05, 4.69) is 10.5 Å². The van der Waals surface area contributed by atoms with Crippen molar-refractivity contribution in [1.82, 2.24) is 5.43 Å². The Morgan fingerprint density at radius 3 is 2.39 bits per heavy atom. The minimum absolute atomic E-state index is 0.121. The van der Waals surface area contributed by atoms with E-state index in [1.54, 1.807) is 31.2 Å². The number of hydrogen-bond acceptors (Lipinski definition) is 6. The van der Waals surface area contributed by atoms with Gasteiger partial charge in [0.15, 0.2) is 6.61 Å². The molecule has 0 bridgehead atoms. The second kappa shape index (κ2) is 12.0. The predicted octanol–water partition coefficient (Wildman–Crippen LogP) is 4.92. The van der Waals surface area contributed by atoms with Gasteiger partial charge in [-0.25, -0.2) is 13.8 Å². The molecule has 0 saturated heterocycles. The number of amides is 1. The molecule has 0 spiro atoms. The number of alkyl halides is 3. The standard InChI is InChI=1S/C25H20ClF3N4O4S/c1-17-2-9-21(10-3-17)38(35,36)33(19-6-11-23(26)22(14-19)25(27,28)29)16-24(34)32-31-15-18-4-7-20(8-5-18)37-13-12-30/h2-11,14-15H,13,16H2,1H3,(H,32,34)/b31-15-. The minimum Gasteiger partial charge on any atom is -0.479 e. The van der Waals surface area contributed by atoms with Crippen molar-refractivity contribution >= 4 is 39.4 Å². The number of rotatable bonds is 9. The zero-order valence-electron chi connectivity index (χ0n) is 19.7. The number of aryl methyl sites for hydroxylation is 1. The quantitative estimate of drug-likeness (QED) is 0.293. The van der Waals surface area contributed by atoms with E-state index in [1.807, 2.05) is 6.07 Å². The first kappa shape index (κ1) is 28.5. The fourth-order valence-electron chi connectivity index (χ4n) is 3.15. The zero-order chi connectivity index (χ0) is 27.9. The van der Waals surface area contributed by atoms with E-state index in [9.17, 15) is 26.4 Å². The van der Waals surface area contributed by atoms with E-state index in [-0.39, 0.29) is 11.5 Å². The Morgan fingerprint density at radius 1 is 1.13 bits per heavy atom. The summed E-state index contributed by atoms with van der Waals surface area (Å²) in [6, 6.07) is 16.4. The van der Waals surface area contributed by atoms with E-state index in [1.165, 1.54) is 30.5 Å². The third kappa shape index (κ3) is 7.24. The van der Waals surface area contributed by atoms with E-state index in [0.717, 1.165) is 17.7 Å². The smallest absolute Gasteiger partial charge is 0.417 e. The molecule has 0 unspecified atom stereocenters. The number of carbonyl (C=O) groups is 1. The molecule has 0 saturated carbocycles. The Hall–Kier alpha value is -4.08. The van der Waals surface area contributed by atoms with Crippen LogP contribution >= 0.6 is 11.6 Å². The predicted molar refractivity (Wildman–Crippen MR) is 135 cm³/mol. The molecule has 3 aromatic rings. The normalized spacial score (nSPS) is 11.7. The minimum atomic E-state index is -4.85. The molecule has 0 atom stereocenters. The molecule has 0 radical (unpaired) electrons. The molecule has 0 heterocycles. The van der Waals surface area contributed by atoms with Gasteiger partial charge in [-0.15, -0.1) is 0 Å². The van der Waals surface area contributed by atoms with Crippen LogP contribution < -0.4 is 14.5 Å². The van der Waals surface area contributed by atoms with Crippen molar-refractivity contribution in [2.24, 2.45) is 5.10 Å². The van der Waals surface area contributed by atoms with Crippen molar-refractivity contribution < 1.29 is 31.1 Å². The van der Waals surface area contributed by atoms with Crippen LogP contribution in [0.25, 0.3) is 0 Å². The molecule has 8 nitrogen and oxygen atoms in total. The number of nitrogens with one attached hydrogen (secondary N) is 1. The second-order valence-corrected chi connectivity index (χ2v) is 10.1. The molecular formula is C25H20ClF3N4O4S. The summed E-state index contributed by atoms with van der Waals surface area (Å²) in [7, 11) is -4.46. The monoisotopic (exact) mass is 564 g/mol. The first-order valence-electron chi connectivity index (χ1n) is 10.8. The summed E-state index contributed by atoms with van der Waals surface area (Å²) in [5.41, 5.74) is 1.82. The molecule has 0 fully saturated rings. The highest BCUT2D eigenvalue weighted by molar-refractivity contribution is 7.92. The van der Waals surface area contributed by atoms with Crippen LogP contribution in [-0.2, 0) is 21.0 Å². The highest BCUT2D eigenvalue weighted by atomic mass is 35.5. The van der Waals surface area contributed by atoms with Gasteiger partial charge in [0.05, 0.1) is 27.4 Å². The average Bonchev–Trinajstić information content (AvgIpc) is 2.87. The molecule has 0 aliphatic heterocycles. The Kier molecular flexibility index (Phi) is 8.98. The molecule has 0 aliphatic rings. The summed E-state index contributed by atoms with van der Waals surface area (Å²) in [5.74, 6) is -0.458. The molecule has 3 rings (SSSR count). The van der Waals surface area contributed by atoms with E-state index < -0.39 is 44.9 Å². The molecule has 0 aromatic heterocycles. The van der Waals surface area contributed by atoms with E-state index in [4.69, 9.17) is 21.6 Å². The fourth-order valence-corrected chi connectivity index (χ4v) is 4.79. The summed E-state index contributed by atoms with van der Waals surface area (Å²) in [5, 5.41) is 11.7. The van der Waals surface area contributed by atoms with Crippen molar-refractivity contribution in [3.8, 4) is 11.8 Å². The first-order valence-corrected chi connectivity index (χ1v) is 12.6. The molecule has 38 heavy (non-hydrogen) atoms. The van der Waals surface area contributed by atoms with Gasteiger partial charge in [-0.2, -0.15) is 23.5 Å². The van der Waals surface area contributed by atoms with Crippen LogP contribution in [0.15, 0.2) is 76.7 Å². The van der Waals surface area contributed by atoms with Gasteiger partial charge in [0.2, 0.25) is 0 Å². The van der Waals surface area contributed by atoms with Crippen LogP contribution in [0.5, 0.6) is 5.75 Å². The first-order chi connectivity index (χ1) is 17.9. The third-order valence-corrected chi connectivity index (χ3v) is 7.14. The lowest BCUT2D eigenvalue weighted by atomic mass is 10.2. The van der Waals surface area contributed by atoms with Crippen LogP contribution in [0.4, 0.5) is 18.9 Å². The van der Waals surface area contributed by atoms with Gasteiger partial charge >= 0.3 is 6.18 Å². The van der Waals surface area contributed by atoms with Crippen molar-refractivity contribution in [3.05, 3.63) is 88.4 Å². The third-order valence-electron chi connectivity index (χ3n) is 5.03. The van der Waals surface area contributed by atoms with Crippen molar-refractivity contribution in [3.63, 3.8) is 0 Å². The van der Waals surface area contributed by atoms with Gasteiger partial charge in [-0.3, -0.25) is 9.10 Å². The Labute approximate surface area is 222 Å². The summed E-state index contributed by atoms with van der Waals surface area (Å²) < 4.78 is 72.8. The summed E-state index contributed by atoms with van der Waals surface area (Å²) in [6.07, 6.45) is -3.58. The lowest BCUT2D eigenvalue weighted by molar-refractivity contribution is -0.137. The van der Waals surface area contributed by atoms with Gasteiger partial charge < -0.3 is 4.74 Å². The number of sulfonamides is 1. The Morgan fingerprint density at radius 2 is 1.79 bits per heavy atom. The highest BCUT2D eigenvalue weighted by Crippen LogP contribution is 2.38. The number of hydrazone groups is 1. The Balaban J connectivity index is 1.87. The molecule has 3 aromatic carbocycles. The maximum atomic E-state index is 13.5. The summed E-state index contributed by atoms with van der Waals surface area (Å²) in [6.45, 7) is 0.748. The fraction of sp³-hybridized carbons (Fsp3) is 0.160. The van der Waals surface area contributed by atoms with Crippen molar-refractivity contribution in [1.29, 1.82) is 5.26 Å². The van der Waals surface area contributed by atoms with Crippen LogP contribution in [0, 0.1) is 18.3 Å². The number of hydrogen-bond donors (Lipinski definition) is 1. The summed E-state index contributed by atoms with van der Waals surface area (Å²) in [4.78, 5) is 12.4. The molecule has 1 amide bonds. The van der Waals surface area contributed by atoms with Crippen LogP contribution in [0.1, 0.15) is 16.7 Å². The number of anilines is 1. The van der Waals surface area contributed by atoms with Gasteiger partial charge in [-0.1, -0.05) is 29.3 Å². The SMILES string of the molecule is Cc1ccc(S(=O)(=O)N(CC(=O)N/N=C\c2ccc(OCC#N)cc2)c2ccc(Cl)c(C(F)(F)F)c2)cc1. The Bertz CT molecular complexity index is 1470. The van der Waals surface area contributed by atoms with Gasteiger partial charge in [0.1, 0.15) is 18.4 Å². The number of carbonyl (C=O) groups excluding carboxylic acids is 1. The van der Waals surface area contributed by atoms with Gasteiger partial charge in [-0.05, 0) is 67.1 Å². The van der Waals surface area contributed by atoms with Crippen LogP contribution in [-0.4, -0.2) is 33.7 Å². The highest BCUT2D eigenvalue weighted by Gasteiger charge is 2.35. The van der Waals surface area contributed by atoms with E-state index >= 15 is 0 Å². The zero-order valence-corrected chi connectivity index (χ0v) is 21.3. The van der Waals surface area contributed by atoms with Crippen LogP contribution in [0.2, 0.25) is 5.02 Å². The van der Waals surface area contributed by atoms with Gasteiger partial charge in [0, 0.05) is 0 Å². The summed E-state index contributed by atoms with van der Waals surface area (Å²) >= 11 is 5.69. The number of benzene rings is 3. The van der Waals surface area contributed by atoms with Crippen molar-refractivity contribution in [2.75, 3.05) is 17.5 Å². The number of nitrogens with zero attached hydrogens (tertiary/aromatic N) is 3. The molecule has 0 aliphatic carbocycles. The van der Waals surface area contributed by atoms with Crippen molar-refractivity contribution in [2.45, 2.75) is 18.0 Å².